The van der Waals surface area contributed by atoms with Crippen molar-refractivity contribution >= 4 is 15.9 Å². The summed E-state index contributed by atoms with van der Waals surface area (Å²) in [7, 11) is 3.80. The van der Waals surface area contributed by atoms with Gasteiger partial charge in [-0.15, -0.1) is 0 Å². The van der Waals surface area contributed by atoms with E-state index in [1.54, 1.807) is 7.11 Å². The van der Waals surface area contributed by atoms with Crippen molar-refractivity contribution in [3.05, 3.63) is 15.9 Å². The summed E-state index contributed by atoms with van der Waals surface area (Å²) in [4.78, 5) is 0. The van der Waals surface area contributed by atoms with Crippen molar-refractivity contribution in [1.82, 2.24) is 15.1 Å². The van der Waals surface area contributed by atoms with E-state index in [4.69, 9.17) is 4.74 Å². The molecule has 2 atom stereocenters. The zero-order valence-electron chi connectivity index (χ0n) is 13.4. The largest absolute Gasteiger partial charge is 0.384 e. The predicted molar refractivity (Wildman–Crippen MR) is 87.2 cm³/mol. The van der Waals surface area contributed by atoms with Crippen LogP contribution in [-0.2, 0) is 24.1 Å². The molecule has 4 nitrogen and oxygen atoms in total. The number of hydrogen-bond acceptors (Lipinski definition) is 3. The molecule has 0 aliphatic carbocycles. The van der Waals surface area contributed by atoms with Crippen molar-refractivity contribution < 1.29 is 4.74 Å². The highest BCUT2D eigenvalue weighted by molar-refractivity contribution is 9.10. The molecule has 2 unspecified atom stereocenters. The molecule has 5 heteroatoms. The van der Waals surface area contributed by atoms with Crippen molar-refractivity contribution in [2.24, 2.45) is 5.92 Å². The number of methoxy groups -OCH3 is 1. The molecular weight excluding hydrogens is 318 g/mol. The highest BCUT2D eigenvalue weighted by Crippen LogP contribution is 2.24. The van der Waals surface area contributed by atoms with Crippen LogP contribution in [0.25, 0.3) is 0 Å². The lowest BCUT2D eigenvalue weighted by Crippen LogP contribution is -2.31. The third-order valence-electron chi connectivity index (χ3n) is 3.68. The minimum Gasteiger partial charge on any atom is -0.384 e. The molecule has 0 aliphatic heterocycles. The van der Waals surface area contributed by atoms with Crippen LogP contribution >= 0.6 is 15.9 Å². The summed E-state index contributed by atoms with van der Waals surface area (Å²) in [5.74, 6) is 0.555. The monoisotopic (exact) mass is 345 g/mol. The van der Waals surface area contributed by atoms with Gasteiger partial charge in [-0.05, 0) is 48.7 Å². The lowest BCUT2D eigenvalue weighted by molar-refractivity contribution is 0.149. The average Bonchev–Trinajstić information content (AvgIpc) is 2.74. The van der Waals surface area contributed by atoms with Gasteiger partial charge in [0.1, 0.15) is 0 Å². The minimum absolute atomic E-state index is 0.447. The fourth-order valence-electron chi connectivity index (χ4n) is 2.59. The second-order valence-electron chi connectivity index (χ2n) is 5.36. The molecule has 0 aromatic carbocycles. The highest BCUT2D eigenvalue weighted by atomic mass is 79.9. The minimum atomic E-state index is 0.447. The molecule has 1 rings (SSSR count). The maximum absolute atomic E-state index is 5.23. The Hall–Kier alpha value is -0.390. The van der Waals surface area contributed by atoms with Crippen LogP contribution in [0.5, 0.6) is 0 Å². The Bertz CT molecular complexity index is 406. The molecule has 0 saturated heterocycles. The third-order valence-corrected chi connectivity index (χ3v) is 4.60. The number of nitrogens with one attached hydrogen (secondary N) is 1. The topological polar surface area (TPSA) is 39.1 Å². The van der Waals surface area contributed by atoms with Gasteiger partial charge in [-0.3, -0.25) is 4.68 Å². The smallest absolute Gasteiger partial charge is 0.0766 e. The lowest BCUT2D eigenvalue weighted by atomic mass is 9.98. The van der Waals surface area contributed by atoms with Gasteiger partial charge in [-0.1, -0.05) is 13.8 Å². The Morgan fingerprint density at radius 3 is 2.60 bits per heavy atom. The van der Waals surface area contributed by atoms with Crippen molar-refractivity contribution in [2.45, 2.75) is 52.6 Å². The number of ether oxygens (including phenoxy) is 1. The third kappa shape index (κ3) is 4.57. The van der Waals surface area contributed by atoms with Gasteiger partial charge in [0.15, 0.2) is 0 Å². The second-order valence-corrected chi connectivity index (χ2v) is 6.16. The molecule has 0 amide bonds. The highest BCUT2D eigenvalue weighted by Gasteiger charge is 2.19. The van der Waals surface area contributed by atoms with Crippen LogP contribution in [0, 0.1) is 5.92 Å². The van der Waals surface area contributed by atoms with E-state index < -0.39 is 0 Å². The molecule has 0 fully saturated rings. The van der Waals surface area contributed by atoms with Gasteiger partial charge in [0.2, 0.25) is 0 Å². The first-order valence-electron chi connectivity index (χ1n) is 7.47. The molecule has 20 heavy (non-hydrogen) atoms. The number of rotatable bonds is 9. The van der Waals surface area contributed by atoms with Crippen LogP contribution in [0.15, 0.2) is 4.47 Å². The fourth-order valence-corrected chi connectivity index (χ4v) is 3.31. The first-order valence-corrected chi connectivity index (χ1v) is 8.26. The molecule has 0 spiro atoms. The molecule has 116 valence electrons. The maximum atomic E-state index is 5.23. The summed E-state index contributed by atoms with van der Waals surface area (Å²) in [6.07, 6.45) is 3.06. The molecule has 0 aliphatic rings. The first kappa shape index (κ1) is 17.7. The standard InChI is InChI=1S/C15H28BrN3O/c1-6-13-15(16)14(19(7-2)18-13)9-12(17-4)8-11(3)10-20-5/h11-12,17H,6-10H2,1-5H3. The zero-order chi connectivity index (χ0) is 15.1. The Morgan fingerprint density at radius 2 is 2.10 bits per heavy atom. The van der Waals surface area contributed by atoms with Crippen molar-refractivity contribution in [3.8, 4) is 0 Å². The van der Waals surface area contributed by atoms with E-state index in [0.717, 1.165) is 38.1 Å². The number of likely N-dealkylation sites (N-methyl/N-ethyl adjacent to an activating group) is 1. The van der Waals surface area contributed by atoms with E-state index in [-0.39, 0.29) is 0 Å². The molecule has 1 N–H and O–H groups in total. The van der Waals surface area contributed by atoms with E-state index in [1.807, 2.05) is 7.05 Å². The van der Waals surface area contributed by atoms with E-state index in [0.29, 0.717) is 12.0 Å². The molecule has 1 aromatic heterocycles. The summed E-state index contributed by atoms with van der Waals surface area (Å²) < 4.78 is 8.54. The van der Waals surface area contributed by atoms with E-state index in [9.17, 15) is 0 Å². The maximum Gasteiger partial charge on any atom is 0.0766 e. The van der Waals surface area contributed by atoms with Gasteiger partial charge in [0.05, 0.1) is 15.9 Å². The van der Waals surface area contributed by atoms with Gasteiger partial charge >= 0.3 is 0 Å². The summed E-state index contributed by atoms with van der Waals surface area (Å²) in [5.41, 5.74) is 2.45. The number of hydrogen-bond donors (Lipinski definition) is 1. The van der Waals surface area contributed by atoms with Crippen LogP contribution in [0.4, 0.5) is 0 Å². The fraction of sp³-hybridized carbons (Fsp3) is 0.800. The van der Waals surface area contributed by atoms with Crippen molar-refractivity contribution in [3.63, 3.8) is 0 Å². The summed E-state index contributed by atoms with van der Waals surface area (Å²) in [6, 6.07) is 0.447. The normalized spacial score (nSPS) is 14.5. The number of aromatic nitrogens is 2. The van der Waals surface area contributed by atoms with Gasteiger partial charge in [0.25, 0.3) is 0 Å². The van der Waals surface area contributed by atoms with Crippen molar-refractivity contribution in [1.29, 1.82) is 0 Å². The summed E-state index contributed by atoms with van der Waals surface area (Å²) >= 11 is 3.72. The number of halogens is 1. The number of aryl methyl sites for hydroxylation is 2. The quantitative estimate of drug-likeness (QED) is 0.747. The van der Waals surface area contributed by atoms with Crippen LogP contribution in [0.3, 0.4) is 0 Å². The molecule has 0 radical (unpaired) electrons. The van der Waals surface area contributed by atoms with Gasteiger partial charge in [-0.25, -0.2) is 0 Å². The summed E-state index contributed by atoms with van der Waals surface area (Å²) in [5, 5.41) is 8.10. The lowest BCUT2D eigenvalue weighted by Gasteiger charge is -2.20. The van der Waals surface area contributed by atoms with Crippen LogP contribution in [0.1, 0.15) is 38.6 Å². The van der Waals surface area contributed by atoms with Crippen LogP contribution in [0.2, 0.25) is 0 Å². The van der Waals surface area contributed by atoms with Crippen LogP contribution < -0.4 is 5.32 Å². The van der Waals surface area contributed by atoms with Gasteiger partial charge in [-0.2, -0.15) is 5.10 Å². The Kier molecular flexibility index (Phi) is 7.77. The second kappa shape index (κ2) is 8.80. The SMILES string of the molecule is CCc1nn(CC)c(CC(CC(C)COC)NC)c1Br. The van der Waals surface area contributed by atoms with Gasteiger partial charge < -0.3 is 10.1 Å². The Balaban J connectivity index is 2.81. The van der Waals surface area contributed by atoms with E-state index in [2.05, 4.69) is 51.8 Å². The number of nitrogens with zero attached hydrogens (tertiary/aromatic N) is 2. The van der Waals surface area contributed by atoms with Crippen molar-refractivity contribution in [2.75, 3.05) is 20.8 Å². The Labute approximate surface area is 131 Å². The molecular formula is C15H28BrN3O. The molecule has 1 heterocycles. The van der Waals surface area contributed by atoms with E-state index >= 15 is 0 Å². The van der Waals surface area contributed by atoms with Gasteiger partial charge in [0, 0.05) is 32.7 Å². The predicted octanol–water partition coefficient (Wildman–Crippen LogP) is 3.03. The average molecular weight is 346 g/mol. The van der Waals surface area contributed by atoms with Crippen LogP contribution in [-0.4, -0.2) is 36.6 Å². The zero-order valence-corrected chi connectivity index (χ0v) is 15.0. The molecule has 1 aromatic rings. The Morgan fingerprint density at radius 1 is 1.40 bits per heavy atom. The first-order chi connectivity index (χ1) is 9.57. The van der Waals surface area contributed by atoms with E-state index in [1.165, 1.54) is 10.2 Å². The molecule has 0 bridgehead atoms. The summed E-state index contributed by atoms with van der Waals surface area (Å²) in [6.45, 7) is 8.25. The molecule has 0 saturated carbocycles.